The predicted molar refractivity (Wildman–Crippen MR) is 100 cm³/mol. The Morgan fingerprint density at radius 3 is 2.68 bits per heavy atom. The van der Waals surface area contributed by atoms with Crippen molar-refractivity contribution in [1.29, 1.82) is 0 Å². The molecule has 5 nitrogen and oxygen atoms in total. The van der Waals surface area contributed by atoms with E-state index in [-0.39, 0.29) is 5.91 Å². The Kier molecular flexibility index (Phi) is 3.82. The van der Waals surface area contributed by atoms with E-state index in [1.54, 1.807) is 36.7 Å². The van der Waals surface area contributed by atoms with E-state index in [0.29, 0.717) is 17.8 Å². The van der Waals surface area contributed by atoms with E-state index in [0.717, 1.165) is 23.5 Å². The fraction of sp³-hybridized carbons (Fsp3) is 0.100. The number of amides is 1. The first-order valence-electron chi connectivity index (χ1n) is 8.18. The van der Waals surface area contributed by atoms with Crippen molar-refractivity contribution in [2.75, 3.05) is 22.5 Å². The number of nitrogens with one attached hydrogen (secondary N) is 1. The number of hydrogen-bond acceptors (Lipinski definition) is 4. The highest BCUT2D eigenvalue weighted by atomic mass is 16.2. The van der Waals surface area contributed by atoms with Crippen LogP contribution in [0.1, 0.15) is 15.9 Å². The maximum atomic E-state index is 12.9. The zero-order chi connectivity index (χ0) is 17.2. The fourth-order valence-electron chi connectivity index (χ4n) is 3.10. The first kappa shape index (κ1) is 15.2. The molecule has 1 aromatic heterocycles. The van der Waals surface area contributed by atoms with Gasteiger partial charge in [-0.25, -0.2) is 0 Å². The van der Waals surface area contributed by atoms with Crippen LogP contribution in [0.4, 0.5) is 22.7 Å². The molecule has 1 aliphatic rings. The van der Waals surface area contributed by atoms with Gasteiger partial charge in [0.15, 0.2) is 0 Å². The van der Waals surface area contributed by atoms with E-state index >= 15 is 0 Å². The number of nitrogens with two attached hydrogens (primary N) is 1. The molecule has 0 radical (unpaired) electrons. The average molecular weight is 330 g/mol. The molecule has 0 saturated carbocycles. The second kappa shape index (κ2) is 6.28. The van der Waals surface area contributed by atoms with Crippen LogP contribution in [-0.4, -0.2) is 17.4 Å². The summed E-state index contributed by atoms with van der Waals surface area (Å²) < 4.78 is 0. The molecule has 25 heavy (non-hydrogen) atoms. The molecule has 1 amide bonds. The molecule has 3 N–H and O–H groups in total. The summed E-state index contributed by atoms with van der Waals surface area (Å²) in [6, 6.07) is 17.1. The van der Waals surface area contributed by atoms with Crippen LogP contribution in [0.15, 0.2) is 67.0 Å². The van der Waals surface area contributed by atoms with E-state index in [9.17, 15) is 4.79 Å². The van der Waals surface area contributed by atoms with E-state index in [4.69, 9.17) is 5.73 Å². The summed E-state index contributed by atoms with van der Waals surface area (Å²) in [5, 5.41) is 3.34. The summed E-state index contributed by atoms with van der Waals surface area (Å²) in [5.74, 6) is -0.0212. The monoisotopic (exact) mass is 330 g/mol. The second-order valence-corrected chi connectivity index (χ2v) is 6.04. The number of fused-ring (bicyclic) bond motifs is 1. The molecule has 0 fully saturated rings. The van der Waals surface area contributed by atoms with Crippen LogP contribution < -0.4 is 16.0 Å². The summed E-state index contributed by atoms with van der Waals surface area (Å²) in [6.07, 6.45) is 4.34. The summed E-state index contributed by atoms with van der Waals surface area (Å²) in [5.41, 5.74) is 11.1. The number of hydrogen-bond donors (Lipinski definition) is 2. The van der Waals surface area contributed by atoms with E-state index in [1.165, 1.54) is 5.56 Å². The van der Waals surface area contributed by atoms with E-state index < -0.39 is 0 Å². The molecule has 3 aromatic rings. The summed E-state index contributed by atoms with van der Waals surface area (Å²) in [7, 11) is 0. The lowest BCUT2D eigenvalue weighted by Gasteiger charge is -2.18. The minimum Gasteiger partial charge on any atom is -0.399 e. The molecule has 124 valence electrons. The quantitative estimate of drug-likeness (QED) is 0.720. The predicted octanol–water partition coefficient (Wildman–Crippen LogP) is 3.61. The Balaban J connectivity index is 1.63. The Morgan fingerprint density at radius 1 is 1.04 bits per heavy atom. The van der Waals surface area contributed by atoms with Gasteiger partial charge in [0.05, 0.1) is 0 Å². The molecule has 0 bridgehead atoms. The van der Waals surface area contributed by atoms with Gasteiger partial charge in [-0.3, -0.25) is 9.78 Å². The smallest absolute Gasteiger partial charge is 0.258 e. The normalized spacial score (nSPS) is 12.7. The van der Waals surface area contributed by atoms with Crippen molar-refractivity contribution in [2.45, 2.75) is 6.42 Å². The molecule has 5 heteroatoms. The van der Waals surface area contributed by atoms with Crippen LogP contribution in [0.5, 0.6) is 0 Å². The van der Waals surface area contributed by atoms with Crippen molar-refractivity contribution in [2.24, 2.45) is 0 Å². The number of carbonyl (C=O) groups is 1. The lowest BCUT2D eigenvalue weighted by Crippen LogP contribution is -2.28. The molecular formula is C20H18N4O. The molecule has 0 atom stereocenters. The first-order valence-corrected chi connectivity index (χ1v) is 8.18. The fourth-order valence-corrected chi connectivity index (χ4v) is 3.10. The number of aromatic nitrogens is 1. The summed E-state index contributed by atoms with van der Waals surface area (Å²) >= 11 is 0. The SMILES string of the molecule is Nc1cccc(C(=O)N2CCc3ccc(Nc4ccncc4)cc32)c1. The molecule has 0 aliphatic carbocycles. The third-order valence-corrected chi connectivity index (χ3v) is 4.33. The van der Waals surface area contributed by atoms with Crippen molar-refractivity contribution in [3.8, 4) is 0 Å². The maximum Gasteiger partial charge on any atom is 0.258 e. The number of nitrogens with zero attached hydrogens (tertiary/aromatic N) is 2. The van der Waals surface area contributed by atoms with Crippen LogP contribution in [0, 0.1) is 0 Å². The minimum atomic E-state index is -0.0212. The standard InChI is InChI=1S/C20H18N4O/c21-16-3-1-2-15(12-16)20(25)24-11-8-14-4-5-18(13-19(14)24)23-17-6-9-22-10-7-17/h1-7,9-10,12-13H,8,11,21H2,(H,22,23). The highest BCUT2D eigenvalue weighted by molar-refractivity contribution is 6.08. The largest absolute Gasteiger partial charge is 0.399 e. The van der Waals surface area contributed by atoms with Crippen LogP contribution in [0.25, 0.3) is 0 Å². The number of nitrogen functional groups attached to an aromatic ring is 1. The van der Waals surface area contributed by atoms with Gasteiger partial charge in [-0.1, -0.05) is 12.1 Å². The summed E-state index contributed by atoms with van der Waals surface area (Å²) in [6.45, 7) is 0.682. The van der Waals surface area contributed by atoms with Gasteiger partial charge in [-0.15, -0.1) is 0 Å². The maximum absolute atomic E-state index is 12.9. The second-order valence-electron chi connectivity index (χ2n) is 6.04. The van der Waals surface area contributed by atoms with Gasteiger partial charge in [-0.05, 0) is 54.4 Å². The van der Waals surface area contributed by atoms with Gasteiger partial charge in [0.2, 0.25) is 0 Å². The Bertz CT molecular complexity index is 924. The molecule has 0 unspecified atom stereocenters. The van der Waals surface area contributed by atoms with Crippen LogP contribution in [-0.2, 0) is 6.42 Å². The van der Waals surface area contributed by atoms with Gasteiger partial charge in [0, 0.05) is 47.3 Å². The number of pyridine rings is 1. The van der Waals surface area contributed by atoms with Gasteiger partial charge in [0.25, 0.3) is 5.91 Å². The van der Waals surface area contributed by atoms with Crippen LogP contribution >= 0.6 is 0 Å². The van der Waals surface area contributed by atoms with Gasteiger partial charge in [-0.2, -0.15) is 0 Å². The summed E-state index contributed by atoms with van der Waals surface area (Å²) in [4.78, 5) is 18.7. The topological polar surface area (TPSA) is 71.2 Å². The van der Waals surface area contributed by atoms with Crippen molar-refractivity contribution in [3.05, 3.63) is 78.1 Å². The zero-order valence-electron chi connectivity index (χ0n) is 13.6. The lowest BCUT2D eigenvalue weighted by atomic mass is 10.1. The average Bonchev–Trinajstić information content (AvgIpc) is 3.05. The molecule has 1 aliphatic heterocycles. The molecule has 2 heterocycles. The van der Waals surface area contributed by atoms with E-state index in [1.807, 2.05) is 29.2 Å². The highest BCUT2D eigenvalue weighted by Crippen LogP contribution is 2.33. The number of rotatable bonds is 3. The van der Waals surface area contributed by atoms with Crippen molar-refractivity contribution >= 4 is 28.7 Å². The Hall–Kier alpha value is -3.34. The zero-order valence-corrected chi connectivity index (χ0v) is 13.6. The highest BCUT2D eigenvalue weighted by Gasteiger charge is 2.26. The lowest BCUT2D eigenvalue weighted by molar-refractivity contribution is 0.0989. The van der Waals surface area contributed by atoms with Crippen LogP contribution in [0.2, 0.25) is 0 Å². The molecular weight excluding hydrogens is 312 g/mol. The van der Waals surface area contributed by atoms with Crippen LogP contribution in [0.3, 0.4) is 0 Å². The van der Waals surface area contributed by atoms with Crippen molar-refractivity contribution in [1.82, 2.24) is 4.98 Å². The van der Waals surface area contributed by atoms with Crippen molar-refractivity contribution < 1.29 is 4.79 Å². The first-order chi connectivity index (χ1) is 12.2. The number of carbonyl (C=O) groups excluding carboxylic acids is 1. The van der Waals surface area contributed by atoms with Gasteiger partial charge in [0.1, 0.15) is 0 Å². The molecule has 4 rings (SSSR count). The Morgan fingerprint density at radius 2 is 1.88 bits per heavy atom. The van der Waals surface area contributed by atoms with E-state index in [2.05, 4.69) is 16.4 Å². The van der Waals surface area contributed by atoms with Gasteiger partial charge >= 0.3 is 0 Å². The third-order valence-electron chi connectivity index (χ3n) is 4.33. The van der Waals surface area contributed by atoms with Gasteiger partial charge < -0.3 is 16.0 Å². The number of anilines is 4. The minimum absolute atomic E-state index is 0.0212. The van der Waals surface area contributed by atoms with Crippen molar-refractivity contribution in [3.63, 3.8) is 0 Å². The third kappa shape index (κ3) is 3.04. The Labute approximate surface area is 146 Å². The molecule has 0 saturated heterocycles. The number of benzene rings is 2. The molecule has 2 aromatic carbocycles. The molecule has 0 spiro atoms.